The average Bonchev–Trinajstić information content (AvgIpc) is 2.30. The van der Waals surface area contributed by atoms with Gasteiger partial charge in [-0.1, -0.05) is 19.9 Å². The molecule has 1 aromatic rings. The predicted octanol–water partition coefficient (Wildman–Crippen LogP) is 1.96. The number of carbonyl (C=O) groups is 1. The van der Waals surface area contributed by atoms with Crippen molar-refractivity contribution in [3.05, 3.63) is 38.3 Å². The highest BCUT2D eigenvalue weighted by molar-refractivity contribution is 9.10. The van der Waals surface area contributed by atoms with Crippen LogP contribution in [-0.4, -0.2) is 16.9 Å². The van der Waals surface area contributed by atoms with E-state index >= 15 is 0 Å². The fourth-order valence-corrected chi connectivity index (χ4v) is 2.09. The first-order chi connectivity index (χ1) is 8.82. The topological polar surface area (TPSA) is 98.3 Å². The molecule has 0 fully saturated rings. The Bertz CT molecular complexity index is 491. The molecule has 0 heterocycles. The van der Waals surface area contributed by atoms with E-state index in [1.165, 1.54) is 6.07 Å². The number of benzene rings is 1. The molecule has 0 bridgehead atoms. The zero-order chi connectivity index (χ0) is 14.6. The normalized spacial score (nSPS) is 12.4. The van der Waals surface area contributed by atoms with Crippen molar-refractivity contribution >= 4 is 27.5 Å². The molecule has 0 aliphatic carbocycles. The largest absolute Gasteiger partial charge is 0.368 e. The molecule has 0 radical (unpaired) electrons. The molecule has 0 aliphatic heterocycles. The van der Waals surface area contributed by atoms with E-state index in [1.807, 2.05) is 13.8 Å². The molecule has 19 heavy (non-hydrogen) atoms. The van der Waals surface area contributed by atoms with Crippen LogP contribution < -0.4 is 11.1 Å². The van der Waals surface area contributed by atoms with Crippen molar-refractivity contribution in [1.29, 1.82) is 0 Å². The minimum absolute atomic E-state index is 0.000489. The molecule has 0 spiro atoms. The summed E-state index contributed by atoms with van der Waals surface area (Å²) in [6.45, 7) is 4.11. The Morgan fingerprint density at radius 2 is 2.16 bits per heavy atom. The quantitative estimate of drug-likeness (QED) is 0.615. The van der Waals surface area contributed by atoms with Crippen molar-refractivity contribution in [1.82, 2.24) is 5.32 Å². The lowest BCUT2D eigenvalue weighted by Crippen LogP contribution is -2.44. The van der Waals surface area contributed by atoms with Crippen molar-refractivity contribution in [2.24, 2.45) is 11.7 Å². The van der Waals surface area contributed by atoms with E-state index in [1.54, 1.807) is 12.1 Å². The molecule has 0 aromatic heterocycles. The predicted molar refractivity (Wildman–Crippen MR) is 75.5 cm³/mol. The summed E-state index contributed by atoms with van der Waals surface area (Å²) in [6.07, 6.45) is 0. The Balaban J connectivity index is 2.80. The van der Waals surface area contributed by atoms with Crippen LogP contribution in [0.25, 0.3) is 0 Å². The summed E-state index contributed by atoms with van der Waals surface area (Å²) < 4.78 is 0.427. The van der Waals surface area contributed by atoms with Crippen LogP contribution in [0.4, 0.5) is 5.69 Å². The number of nitrogens with one attached hydrogen (secondary N) is 1. The summed E-state index contributed by atoms with van der Waals surface area (Å²) in [4.78, 5) is 21.6. The third-order valence-corrected chi connectivity index (χ3v) is 3.38. The minimum Gasteiger partial charge on any atom is -0.368 e. The third kappa shape index (κ3) is 4.29. The van der Waals surface area contributed by atoms with Crippen molar-refractivity contribution in [3.63, 3.8) is 0 Å². The number of nitro groups is 1. The third-order valence-electron chi connectivity index (χ3n) is 2.71. The first-order valence-electron chi connectivity index (χ1n) is 5.78. The SMILES string of the molecule is CC(C)C(NCc1ccc(Br)c([N+](=O)[O-])c1)C(N)=O. The van der Waals surface area contributed by atoms with Gasteiger partial charge >= 0.3 is 0 Å². The van der Waals surface area contributed by atoms with Gasteiger partial charge in [0.2, 0.25) is 5.91 Å². The monoisotopic (exact) mass is 329 g/mol. The summed E-state index contributed by atoms with van der Waals surface area (Å²) in [5.74, 6) is -0.371. The van der Waals surface area contributed by atoms with E-state index in [9.17, 15) is 14.9 Å². The number of amides is 1. The van der Waals surface area contributed by atoms with E-state index in [0.29, 0.717) is 11.0 Å². The fraction of sp³-hybridized carbons (Fsp3) is 0.417. The second kappa shape index (κ2) is 6.63. The maximum Gasteiger partial charge on any atom is 0.283 e. The van der Waals surface area contributed by atoms with Gasteiger partial charge in [-0.3, -0.25) is 14.9 Å². The molecule has 104 valence electrons. The molecule has 3 N–H and O–H groups in total. The summed E-state index contributed by atoms with van der Waals surface area (Å²) in [7, 11) is 0. The van der Waals surface area contributed by atoms with Gasteiger partial charge in [-0.15, -0.1) is 0 Å². The van der Waals surface area contributed by atoms with Gasteiger partial charge in [0.05, 0.1) is 15.4 Å². The summed E-state index contributed by atoms with van der Waals surface area (Å²) in [5, 5.41) is 13.8. The van der Waals surface area contributed by atoms with Crippen LogP contribution >= 0.6 is 15.9 Å². The number of primary amides is 1. The van der Waals surface area contributed by atoms with Gasteiger partial charge < -0.3 is 11.1 Å². The average molecular weight is 330 g/mol. The van der Waals surface area contributed by atoms with Gasteiger partial charge in [0.25, 0.3) is 5.69 Å². The Labute approximate surface area is 119 Å². The second-order valence-corrected chi connectivity index (χ2v) is 5.40. The minimum atomic E-state index is -0.457. The molecule has 0 saturated heterocycles. The maximum absolute atomic E-state index is 11.2. The van der Waals surface area contributed by atoms with Gasteiger partial charge in [-0.25, -0.2) is 0 Å². The smallest absolute Gasteiger partial charge is 0.283 e. The zero-order valence-electron chi connectivity index (χ0n) is 10.7. The van der Waals surface area contributed by atoms with Crippen LogP contribution in [0.15, 0.2) is 22.7 Å². The summed E-state index contributed by atoms with van der Waals surface area (Å²) >= 11 is 3.12. The number of nitro benzene ring substituents is 1. The number of carbonyl (C=O) groups excluding carboxylic acids is 1. The van der Waals surface area contributed by atoms with Crippen LogP contribution in [0.2, 0.25) is 0 Å². The van der Waals surface area contributed by atoms with Gasteiger partial charge in [-0.2, -0.15) is 0 Å². The molecular weight excluding hydrogens is 314 g/mol. The standard InChI is InChI=1S/C12H16BrN3O3/c1-7(2)11(12(14)17)15-6-8-3-4-9(13)10(5-8)16(18)19/h3-5,7,11,15H,6H2,1-2H3,(H2,14,17). The van der Waals surface area contributed by atoms with Gasteiger partial charge in [0, 0.05) is 12.6 Å². The number of nitrogens with zero attached hydrogens (tertiary/aromatic N) is 1. The Kier molecular flexibility index (Phi) is 5.44. The van der Waals surface area contributed by atoms with Crippen LogP contribution in [-0.2, 0) is 11.3 Å². The van der Waals surface area contributed by atoms with E-state index in [4.69, 9.17) is 5.73 Å². The fourth-order valence-electron chi connectivity index (χ4n) is 1.70. The number of halogens is 1. The molecular formula is C12H16BrN3O3. The Morgan fingerprint density at radius 3 is 2.63 bits per heavy atom. The van der Waals surface area contributed by atoms with Gasteiger partial charge in [-0.05, 0) is 33.5 Å². The number of hydrogen-bond donors (Lipinski definition) is 2. The Morgan fingerprint density at radius 1 is 1.53 bits per heavy atom. The number of rotatable bonds is 6. The lowest BCUT2D eigenvalue weighted by atomic mass is 10.0. The van der Waals surface area contributed by atoms with E-state index in [-0.39, 0.29) is 11.6 Å². The molecule has 0 aliphatic rings. The highest BCUT2D eigenvalue weighted by atomic mass is 79.9. The molecule has 1 aromatic carbocycles. The van der Waals surface area contributed by atoms with Crippen molar-refractivity contribution in [2.45, 2.75) is 26.4 Å². The van der Waals surface area contributed by atoms with E-state index in [2.05, 4.69) is 21.2 Å². The highest BCUT2D eigenvalue weighted by Gasteiger charge is 2.19. The first kappa shape index (κ1) is 15.6. The Hall–Kier alpha value is -1.47. The van der Waals surface area contributed by atoms with Crippen LogP contribution in [0.3, 0.4) is 0 Å². The molecule has 6 nitrogen and oxygen atoms in total. The van der Waals surface area contributed by atoms with Crippen molar-refractivity contribution in [2.75, 3.05) is 0 Å². The second-order valence-electron chi connectivity index (χ2n) is 4.55. The number of hydrogen-bond acceptors (Lipinski definition) is 4. The van der Waals surface area contributed by atoms with E-state index < -0.39 is 16.9 Å². The molecule has 1 rings (SSSR count). The van der Waals surface area contributed by atoms with Gasteiger partial charge in [0.15, 0.2) is 0 Å². The summed E-state index contributed by atoms with van der Waals surface area (Å²) in [6, 6.07) is 4.38. The lowest BCUT2D eigenvalue weighted by Gasteiger charge is -2.18. The molecule has 0 saturated carbocycles. The zero-order valence-corrected chi connectivity index (χ0v) is 12.3. The highest BCUT2D eigenvalue weighted by Crippen LogP contribution is 2.25. The van der Waals surface area contributed by atoms with E-state index in [0.717, 1.165) is 5.56 Å². The molecule has 1 amide bonds. The maximum atomic E-state index is 11.2. The van der Waals surface area contributed by atoms with Gasteiger partial charge in [0.1, 0.15) is 0 Å². The number of nitrogens with two attached hydrogens (primary N) is 1. The van der Waals surface area contributed by atoms with Crippen LogP contribution in [0.1, 0.15) is 19.4 Å². The first-order valence-corrected chi connectivity index (χ1v) is 6.57. The molecule has 7 heteroatoms. The lowest BCUT2D eigenvalue weighted by molar-refractivity contribution is -0.385. The molecule has 1 atom stereocenters. The molecule has 1 unspecified atom stereocenters. The van der Waals surface area contributed by atoms with Crippen LogP contribution in [0, 0.1) is 16.0 Å². The summed E-state index contributed by atoms with van der Waals surface area (Å²) in [5.41, 5.74) is 6.01. The van der Waals surface area contributed by atoms with Crippen molar-refractivity contribution in [3.8, 4) is 0 Å². The van der Waals surface area contributed by atoms with Crippen LogP contribution in [0.5, 0.6) is 0 Å². The van der Waals surface area contributed by atoms with Crippen molar-refractivity contribution < 1.29 is 9.72 Å².